The first-order valence-electron chi connectivity index (χ1n) is 8.32. The van der Waals surface area contributed by atoms with Gasteiger partial charge in [0.2, 0.25) is 0 Å². The topological polar surface area (TPSA) is 56.0 Å². The van der Waals surface area contributed by atoms with Crippen molar-refractivity contribution >= 4 is 45.5 Å². The Kier molecular flexibility index (Phi) is 4.03. The minimum Gasteiger partial charge on any atom is -0.269 e. The molecule has 4 rings (SSSR count). The molecule has 1 fully saturated rings. The van der Waals surface area contributed by atoms with Crippen LogP contribution in [0, 0.1) is 0 Å². The lowest BCUT2D eigenvalue weighted by Crippen LogP contribution is -2.59. The Morgan fingerprint density at radius 2 is 1.81 bits per heavy atom. The van der Waals surface area contributed by atoms with Crippen LogP contribution in [0.15, 0.2) is 47.5 Å². The second-order valence-electron chi connectivity index (χ2n) is 6.40. The molecule has 2 aliphatic heterocycles. The van der Waals surface area contributed by atoms with Crippen molar-refractivity contribution in [2.75, 3.05) is 21.1 Å². The van der Waals surface area contributed by atoms with E-state index in [9.17, 15) is 9.59 Å². The predicted octanol–water partition coefficient (Wildman–Crippen LogP) is 2.38. The number of rotatable bonds is 2. The highest BCUT2D eigenvalue weighted by atomic mass is 32.2. The quantitative estimate of drug-likeness (QED) is 0.766. The molecule has 0 bridgehead atoms. The number of aliphatic imine (C=N–C) groups is 1. The van der Waals surface area contributed by atoms with Crippen LogP contribution in [0.4, 0.5) is 4.79 Å². The molecule has 2 heterocycles. The number of benzene rings is 2. The van der Waals surface area contributed by atoms with Gasteiger partial charge < -0.3 is 0 Å². The van der Waals surface area contributed by atoms with Crippen LogP contribution >= 0.6 is 11.8 Å². The van der Waals surface area contributed by atoms with E-state index in [-0.39, 0.29) is 11.9 Å². The van der Waals surface area contributed by atoms with Crippen LogP contribution in [0.1, 0.15) is 5.56 Å². The summed E-state index contributed by atoms with van der Waals surface area (Å²) in [6.45, 7) is 0. The van der Waals surface area contributed by atoms with E-state index in [0.717, 1.165) is 15.8 Å². The van der Waals surface area contributed by atoms with Gasteiger partial charge in [-0.2, -0.15) is 0 Å². The van der Waals surface area contributed by atoms with Crippen molar-refractivity contribution in [2.45, 2.75) is 11.8 Å². The Labute approximate surface area is 155 Å². The highest BCUT2D eigenvalue weighted by Crippen LogP contribution is 2.27. The van der Waals surface area contributed by atoms with Gasteiger partial charge in [-0.1, -0.05) is 42.5 Å². The molecule has 0 spiro atoms. The Morgan fingerprint density at radius 1 is 1.08 bits per heavy atom. The third-order valence-corrected chi connectivity index (χ3v) is 5.93. The minimum atomic E-state index is -0.636. The van der Waals surface area contributed by atoms with Gasteiger partial charge in [0.15, 0.2) is 0 Å². The monoisotopic (exact) mass is 367 g/mol. The Morgan fingerprint density at radius 3 is 2.62 bits per heavy atom. The van der Waals surface area contributed by atoms with E-state index in [0.29, 0.717) is 5.84 Å². The molecule has 6 nitrogen and oxygen atoms in total. The first kappa shape index (κ1) is 16.8. The van der Waals surface area contributed by atoms with Crippen LogP contribution in [0.3, 0.4) is 0 Å². The summed E-state index contributed by atoms with van der Waals surface area (Å²) in [5.74, 6) is 1.08. The summed E-state index contributed by atoms with van der Waals surface area (Å²) in [5, 5.41) is 3.18. The predicted molar refractivity (Wildman–Crippen MR) is 104 cm³/mol. The van der Waals surface area contributed by atoms with Crippen molar-refractivity contribution in [3.05, 3.63) is 48.0 Å². The van der Waals surface area contributed by atoms with E-state index >= 15 is 0 Å². The van der Waals surface area contributed by atoms with Gasteiger partial charge in [0.05, 0.1) is 14.1 Å². The normalized spacial score (nSPS) is 20.1. The van der Waals surface area contributed by atoms with Crippen molar-refractivity contribution in [1.29, 1.82) is 0 Å². The summed E-state index contributed by atoms with van der Waals surface area (Å²) >= 11 is 1.58. The Hall–Kier alpha value is -2.67. The number of hydrogen-bond donors (Lipinski definition) is 0. The average molecular weight is 367 g/mol. The van der Waals surface area contributed by atoms with E-state index in [4.69, 9.17) is 0 Å². The van der Waals surface area contributed by atoms with Crippen LogP contribution in [0.5, 0.6) is 0 Å². The van der Waals surface area contributed by atoms with Crippen molar-refractivity contribution < 1.29 is 14.2 Å². The average Bonchev–Trinajstić information content (AvgIpc) is 2.99. The molecule has 26 heavy (non-hydrogen) atoms. The molecular weight excluding hydrogens is 348 g/mol. The molecule has 1 atom stereocenters. The molecule has 132 valence electrons. The lowest BCUT2D eigenvalue weighted by molar-refractivity contribution is -0.367. The number of carbonyl (C=O) groups excluding carboxylic acids is 2. The molecule has 0 aliphatic carbocycles. The number of amidine groups is 2. The van der Waals surface area contributed by atoms with Gasteiger partial charge >= 0.3 is 6.03 Å². The van der Waals surface area contributed by atoms with Gasteiger partial charge in [0.25, 0.3) is 23.0 Å². The fourth-order valence-electron chi connectivity index (χ4n) is 3.41. The third-order valence-electron chi connectivity index (χ3n) is 4.83. The van der Waals surface area contributed by atoms with E-state index in [2.05, 4.69) is 35.3 Å². The summed E-state index contributed by atoms with van der Waals surface area (Å²) in [7, 11) is 5.03. The van der Waals surface area contributed by atoms with E-state index in [1.165, 1.54) is 28.3 Å². The molecule has 1 saturated heterocycles. The minimum absolute atomic E-state index is 0.282. The number of likely N-dealkylation sites (N-methyl/N-ethyl adjacent to an activating group) is 2. The molecule has 7 heteroatoms. The summed E-state index contributed by atoms with van der Waals surface area (Å²) in [5.41, 5.74) is 1.22. The summed E-state index contributed by atoms with van der Waals surface area (Å²) < 4.78 is 1.85. The largest absolute Gasteiger partial charge is 0.388 e. The molecule has 0 radical (unpaired) electrons. The summed E-state index contributed by atoms with van der Waals surface area (Å²) in [4.78, 5) is 31.8. The molecule has 2 aromatic rings. The number of nitrogens with zero attached hydrogens (tertiary/aromatic N) is 4. The zero-order valence-electron chi connectivity index (χ0n) is 14.8. The fourth-order valence-corrected chi connectivity index (χ4v) is 4.41. The van der Waals surface area contributed by atoms with Gasteiger partial charge in [-0.3, -0.25) is 9.69 Å². The number of amides is 3. The molecule has 0 N–H and O–H groups in total. The summed E-state index contributed by atoms with van der Waals surface area (Å²) in [6.07, 6.45) is 0. The Bertz CT molecular complexity index is 993. The fraction of sp³-hybridized carbons (Fsp3) is 0.263. The second-order valence-corrected chi connectivity index (χ2v) is 7.34. The van der Waals surface area contributed by atoms with Crippen molar-refractivity contribution in [2.24, 2.45) is 4.99 Å². The van der Waals surface area contributed by atoms with Gasteiger partial charge in [0.1, 0.15) is 0 Å². The molecule has 0 saturated carbocycles. The van der Waals surface area contributed by atoms with Gasteiger partial charge in [-0.15, -0.1) is 4.99 Å². The standard InChI is InChI=1S/C19H19N4O2S/c1-21-16-15(17(24)23(3)19(25)22(16)2)20-18(21)26-11-13-9-6-8-12-7-4-5-10-14(12)13/h4-10,15H,11H2,1-3H3/q+1. The van der Waals surface area contributed by atoms with E-state index < -0.39 is 6.04 Å². The van der Waals surface area contributed by atoms with E-state index in [1.807, 2.05) is 23.8 Å². The first-order valence-corrected chi connectivity index (χ1v) is 9.30. The SMILES string of the molecule is CN1C(=O)C2N=C(SCc3cccc4ccccc34)[N+](C)=C2N(C)C1=O. The summed E-state index contributed by atoms with van der Waals surface area (Å²) in [6, 6.07) is 13.6. The third kappa shape index (κ3) is 2.50. The number of imide groups is 1. The molecule has 2 aromatic carbocycles. The maximum Gasteiger partial charge on any atom is 0.388 e. The van der Waals surface area contributed by atoms with Gasteiger partial charge in [-0.25, -0.2) is 14.3 Å². The van der Waals surface area contributed by atoms with Gasteiger partial charge in [-0.05, 0) is 28.1 Å². The number of fused-ring (bicyclic) bond motifs is 2. The molecule has 3 amide bonds. The molecule has 0 aromatic heterocycles. The first-order chi connectivity index (χ1) is 12.5. The number of hydrogen-bond acceptors (Lipinski definition) is 4. The van der Waals surface area contributed by atoms with Crippen LogP contribution in [-0.4, -0.2) is 64.5 Å². The maximum absolute atomic E-state index is 12.4. The molecular formula is C19H19N4O2S+. The van der Waals surface area contributed by atoms with Crippen LogP contribution in [0.2, 0.25) is 0 Å². The smallest absolute Gasteiger partial charge is 0.269 e. The zero-order valence-corrected chi connectivity index (χ0v) is 15.7. The molecule has 1 unspecified atom stereocenters. The van der Waals surface area contributed by atoms with Crippen molar-refractivity contribution in [3.8, 4) is 0 Å². The van der Waals surface area contributed by atoms with Crippen LogP contribution < -0.4 is 0 Å². The number of thioether (sulfide) groups is 1. The maximum atomic E-state index is 12.4. The number of carbonyl (C=O) groups is 2. The van der Waals surface area contributed by atoms with Crippen molar-refractivity contribution in [3.63, 3.8) is 0 Å². The zero-order chi connectivity index (χ0) is 18.4. The van der Waals surface area contributed by atoms with Crippen LogP contribution in [0.25, 0.3) is 10.8 Å². The van der Waals surface area contributed by atoms with Crippen molar-refractivity contribution in [1.82, 2.24) is 9.80 Å². The van der Waals surface area contributed by atoms with E-state index in [1.54, 1.807) is 18.8 Å². The van der Waals surface area contributed by atoms with Gasteiger partial charge in [0, 0.05) is 12.8 Å². The second kappa shape index (κ2) is 6.25. The lowest BCUT2D eigenvalue weighted by atomic mass is 10.1. The number of urea groups is 1. The molecule has 2 aliphatic rings. The highest BCUT2D eigenvalue weighted by Gasteiger charge is 2.51. The lowest BCUT2D eigenvalue weighted by Gasteiger charge is -2.27. The van der Waals surface area contributed by atoms with Crippen LogP contribution in [-0.2, 0) is 10.5 Å². The highest BCUT2D eigenvalue weighted by molar-refractivity contribution is 8.12. The Balaban J connectivity index is 1.62.